The average molecular weight is 235 g/mol. The van der Waals surface area contributed by atoms with Gasteiger partial charge in [0.05, 0.1) is 12.4 Å². The summed E-state index contributed by atoms with van der Waals surface area (Å²) in [7, 11) is 0. The van der Waals surface area contributed by atoms with Crippen LogP contribution in [0.15, 0.2) is 59.3 Å². The van der Waals surface area contributed by atoms with E-state index in [-0.39, 0.29) is 0 Å². The smallest absolute Gasteiger partial charge is 0.162 e. The first-order chi connectivity index (χ1) is 8.93. The van der Waals surface area contributed by atoms with E-state index >= 15 is 0 Å². The molecule has 4 aromatic rings. The molecule has 18 heavy (non-hydrogen) atoms. The van der Waals surface area contributed by atoms with Crippen LogP contribution in [0.5, 0.6) is 0 Å². The van der Waals surface area contributed by atoms with Crippen molar-refractivity contribution in [2.24, 2.45) is 0 Å². The number of aromatic nitrogens is 3. The van der Waals surface area contributed by atoms with Gasteiger partial charge in [-0.05, 0) is 12.1 Å². The Bertz CT molecular complexity index is 831. The van der Waals surface area contributed by atoms with Crippen molar-refractivity contribution in [2.75, 3.05) is 0 Å². The Morgan fingerprint density at radius 3 is 2.50 bits per heavy atom. The van der Waals surface area contributed by atoms with Gasteiger partial charge in [-0.1, -0.05) is 30.3 Å². The summed E-state index contributed by atoms with van der Waals surface area (Å²) in [6.07, 6.45) is 3.31. The van der Waals surface area contributed by atoms with Crippen LogP contribution in [0.3, 0.4) is 0 Å². The highest BCUT2D eigenvalue weighted by atomic mass is 16.3. The number of furan rings is 1. The van der Waals surface area contributed by atoms with Gasteiger partial charge in [-0.15, -0.1) is 4.80 Å². The van der Waals surface area contributed by atoms with Crippen molar-refractivity contribution < 1.29 is 4.42 Å². The van der Waals surface area contributed by atoms with E-state index in [1.807, 2.05) is 36.4 Å². The Kier molecular flexibility index (Phi) is 1.80. The van der Waals surface area contributed by atoms with Gasteiger partial charge < -0.3 is 4.42 Å². The molecule has 4 heteroatoms. The molecule has 0 aliphatic heterocycles. The van der Waals surface area contributed by atoms with Crippen LogP contribution in [0.25, 0.3) is 27.6 Å². The summed E-state index contributed by atoms with van der Waals surface area (Å²) >= 11 is 0. The molecule has 4 nitrogen and oxygen atoms in total. The summed E-state index contributed by atoms with van der Waals surface area (Å²) in [4.78, 5) is 1.57. The van der Waals surface area contributed by atoms with Gasteiger partial charge in [0, 0.05) is 10.8 Å². The number of fused-ring (bicyclic) bond motifs is 3. The summed E-state index contributed by atoms with van der Waals surface area (Å²) in [6.45, 7) is 0. The van der Waals surface area contributed by atoms with Gasteiger partial charge in [-0.25, -0.2) is 0 Å². The van der Waals surface area contributed by atoms with E-state index in [4.69, 9.17) is 4.42 Å². The fourth-order valence-corrected chi connectivity index (χ4v) is 2.23. The second kappa shape index (κ2) is 3.43. The van der Waals surface area contributed by atoms with Crippen LogP contribution in [0.2, 0.25) is 0 Å². The molecule has 0 atom stereocenters. The molecule has 2 aromatic carbocycles. The molecule has 0 aliphatic carbocycles. The number of rotatable bonds is 1. The molecule has 4 rings (SSSR count). The van der Waals surface area contributed by atoms with Gasteiger partial charge in [-0.2, -0.15) is 10.2 Å². The molecule has 86 valence electrons. The quantitative estimate of drug-likeness (QED) is 0.509. The Labute approximate surface area is 102 Å². The van der Waals surface area contributed by atoms with Crippen molar-refractivity contribution in [2.45, 2.75) is 0 Å². The van der Waals surface area contributed by atoms with Crippen molar-refractivity contribution in [3.63, 3.8) is 0 Å². The van der Waals surface area contributed by atoms with Crippen LogP contribution in [0.4, 0.5) is 0 Å². The van der Waals surface area contributed by atoms with E-state index in [2.05, 4.69) is 16.3 Å². The first-order valence-corrected chi connectivity index (χ1v) is 5.70. The van der Waals surface area contributed by atoms with Gasteiger partial charge in [-0.3, -0.25) is 0 Å². The molecule has 0 fully saturated rings. The minimum atomic E-state index is 0.815. The van der Waals surface area contributed by atoms with E-state index < -0.39 is 0 Å². The van der Waals surface area contributed by atoms with Crippen molar-refractivity contribution in [3.8, 4) is 5.69 Å². The molecule has 0 bridgehead atoms. The molecule has 0 N–H and O–H groups in total. The van der Waals surface area contributed by atoms with Crippen LogP contribution < -0.4 is 0 Å². The number of para-hydroxylation sites is 2. The molecular weight excluding hydrogens is 226 g/mol. The molecular formula is C14H9N3O. The van der Waals surface area contributed by atoms with E-state index in [9.17, 15) is 0 Å². The normalized spacial score (nSPS) is 11.3. The second-order valence-corrected chi connectivity index (χ2v) is 4.07. The monoisotopic (exact) mass is 235 g/mol. The van der Waals surface area contributed by atoms with Crippen LogP contribution in [-0.4, -0.2) is 15.0 Å². The van der Waals surface area contributed by atoms with Gasteiger partial charge in [0.15, 0.2) is 5.58 Å². The van der Waals surface area contributed by atoms with Gasteiger partial charge in [0.2, 0.25) is 0 Å². The first kappa shape index (κ1) is 9.41. The first-order valence-electron chi connectivity index (χ1n) is 5.70. The predicted molar refractivity (Wildman–Crippen MR) is 68.6 cm³/mol. The molecule has 0 spiro atoms. The highest BCUT2D eigenvalue weighted by molar-refractivity contribution is 6.07. The van der Waals surface area contributed by atoms with Gasteiger partial charge in [0.25, 0.3) is 0 Å². The summed E-state index contributed by atoms with van der Waals surface area (Å²) in [6, 6.07) is 14.0. The van der Waals surface area contributed by atoms with E-state index in [1.165, 1.54) is 0 Å². The maximum atomic E-state index is 5.91. The molecule has 0 amide bonds. The van der Waals surface area contributed by atoms with Gasteiger partial charge >= 0.3 is 0 Å². The lowest BCUT2D eigenvalue weighted by atomic mass is 10.1. The third kappa shape index (κ3) is 1.20. The van der Waals surface area contributed by atoms with Crippen LogP contribution in [-0.2, 0) is 0 Å². The predicted octanol–water partition coefficient (Wildman–Crippen LogP) is 3.17. The number of nitrogens with zero attached hydrogens (tertiary/aromatic N) is 3. The zero-order chi connectivity index (χ0) is 11.9. The molecule has 0 radical (unpaired) electrons. The zero-order valence-electron chi connectivity index (χ0n) is 9.45. The molecule has 0 aliphatic rings. The van der Waals surface area contributed by atoms with Crippen LogP contribution >= 0.6 is 0 Å². The summed E-state index contributed by atoms with van der Waals surface area (Å²) < 4.78 is 5.91. The third-order valence-electron chi connectivity index (χ3n) is 3.02. The zero-order valence-corrected chi connectivity index (χ0v) is 9.45. The molecule has 2 aromatic heterocycles. The van der Waals surface area contributed by atoms with Crippen molar-refractivity contribution >= 4 is 21.9 Å². The topological polar surface area (TPSA) is 43.9 Å². The SMILES string of the molecule is c1ccc2c(c1)oc1c(-n3nccn3)cccc12. The van der Waals surface area contributed by atoms with E-state index in [0.717, 1.165) is 27.6 Å². The maximum absolute atomic E-state index is 5.91. The third-order valence-corrected chi connectivity index (χ3v) is 3.02. The highest BCUT2D eigenvalue weighted by Crippen LogP contribution is 2.31. The fourth-order valence-electron chi connectivity index (χ4n) is 2.23. The minimum Gasteiger partial charge on any atom is -0.454 e. The second-order valence-electron chi connectivity index (χ2n) is 4.07. The Balaban J connectivity index is 2.17. The van der Waals surface area contributed by atoms with Crippen molar-refractivity contribution in [1.29, 1.82) is 0 Å². The summed E-state index contributed by atoms with van der Waals surface area (Å²) in [5, 5.41) is 10.5. The lowest BCUT2D eigenvalue weighted by molar-refractivity contribution is 0.653. The summed E-state index contributed by atoms with van der Waals surface area (Å²) in [5.74, 6) is 0. The number of benzene rings is 2. The van der Waals surface area contributed by atoms with E-state index in [0.29, 0.717) is 0 Å². The standard InChI is InChI=1S/C14H9N3O/c1-2-7-13-10(4-1)11-5-3-6-12(14(11)18-13)17-15-8-9-16-17/h1-9H. The Morgan fingerprint density at radius 2 is 1.61 bits per heavy atom. The molecule has 2 heterocycles. The average Bonchev–Trinajstić information content (AvgIpc) is 3.05. The summed E-state index contributed by atoms with van der Waals surface area (Å²) in [5.41, 5.74) is 2.55. The van der Waals surface area contributed by atoms with Crippen LogP contribution in [0.1, 0.15) is 0 Å². The van der Waals surface area contributed by atoms with Gasteiger partial charge in [0.1, 0.15) is 11.3 Å². The largest absolute Gasteiger partial charge is 0.454 e. The van der Waals surface area contributed by atoms with Crippen LogP contribution in [0, 0.1) is 0 Å². The maximum Gasteiger partial charge on any atom is 0.162 e. The number of hydrogen-bond donors (Lipinski definition) is 0. The fraction of sp³-hybridized carbons (Fsp3) is 0. The molecule has 0 unspecified atom stereocenters. The lowest BCUT2D eigenvalue weighted by Gasteiger charge is -1.99. The Hall–Kier alpha value is -2.62. The highest BCUT2D eigenvalue weighted by Gasteiger charge is 2.11. The number of hydrogen-bond acceptors (Lipinski definition) is 3. The lowest BCUT2D eigenvalue weighted by Crippen LogP contribution is -1.98. The van der Waals surface area contributed by atoms with Crippen molar-refractivity contribution in [3.05, 3.63) is 54.9 Å². The molecule has 0 saturated carbocycles. The van der Waals surface area contributed by atoms with E-state index in [1.54, 1.807) is 17.2 Å². The van der Waals surface area contributed by atoms with Crippen molar-refractivity contribution in [1.82, 2.24) is 15.0 Å². The minimum absolute atomic E-state index is 0.815. The Morgan fingerprint density at radius 1 is 0.833 bits per heavy atom. The molecule has 0 saturated heterocycles.